The van der Waals surface area contributed by atoms with Gasteiger partial charge in [-0.15, -0.1) is 0 Å². The fourth-order valence-corrected chi connectivity index (χ4v) is 2.98. The van der Waals surface area contributed by atoms with E-state index in [4.69, 9.17) is 0 Å². The molecule has 0 aliphatic heterocycles. The van der Waals surface area contributed by atoms with Gasteiger partial charge in [0.25, 0.3) is 0 Å². The smallest absolute Gasteiger partial charge is 0.137 e. The van der Waals surface area contributed by atoms with Crippen LogP contribution in [-0.2, 0) is 0 Å². The van der Waals surface area contributed by atoms with Crippen molar-refractivity contribution in [1.82, 2.24) is 0 Å². The normalized spacial score (nSPS) is 10.8. The van der Waals surface area contributed by atoms with E-state index in [1.165, 1.54) is 17.8 Å². The molecule has 0 fully saturated rings. The molecule has 0 bridgehead atoms. The number of phenolic OH excluding ortho intramolecular Hbond substituents is 1. The number of halogens is 1. The van der Waals surface area contributed by atoms with Gasteiger partial charge in [-0.05, 0) is 29.0 Å². The molecule has 0 heterocycles. The largest absolute Gasteiger partial charge is 0.507 e. The second kappa shape index (κ2) is 4.94. The highest BCUT2D eigenvalue weighted by Crippen LogP contribution is 2.40. The van der Waals surface area contributed by atoms with Crippen LogP contribution in [0.25, 0.3) is 10.8 Å². The third-order valence-electron chi connectivity index (χ3n) is 2.91. The van der Waals surface area contributed by atoms with E-state index < -0.39 is 0 Å². The summed E-state index contributed by atoms with van der Waals surface area (Å²) >= 11 is 1.25. The standard InChI is InChI=1S/C16H11FOS/c17-13-7-3-4-8-15(13)19-16-12-6-2-1-5-11(12)9-10-14(16)18/h1-10,18H. The van der Waals surface area contributed by atoms with Crippen molar-refractivity contribution >= 4 is 22.5 Å². The lowest BCUT2D eigenvalue weighted by Gasteiger charge is -2.09. The number of hydrogen-bond donors (Lipinski definition) is 1. The Bertz CT molecular complexity index is 740. The molecule has 3 heteroatoms. The minimum atomic E-state index is -0.278. The lowest BCUT2D eigenvalue weighted by Crippen LogP contribution is -1.83. The topological polar surface area (TPSA) is 20.2 Å². The van der Waals surface area contributed by atoms with Crippen LogP contribution in [0, 0.1) is 5.82 Å². The van der Waals surface area contributed by atoms with Crippen molar-refractivity contribution in [3.8, 4) is 5.75 Å². The quantitative estimate of drug-likeness (QED) is 0.719. The SMILES string of the molecule is Oc1ccc2ccccc2c1Sc1ccccc1F. The van der Waals surface area contributed by atoms with Crippen molar-refractivity contribution in [2.75, 3.05) is 0 Å². The van der Waals surface area contributed by atoms with E-state index in [2.05, 4.69) is 0 Å². The van der Waals surface area contributed by atoms with Gasteiger partial charge >= 0.3 is 0 Å². The molecule has 94 valence electrons. The zero-order chi connectivity index (χ0) is 13.2. The molecular formula is C16H11FOS. The Hall–Kier alpha value is -2.00. The molecule has 0 radical (unpaired) electrons. The van der Waals surface area contributed by atoms with Crippen molar-refractivity contribution in [3.63, 3.8) is 0 Å². The Kier molecular flexibility index (Phi) is 3.13. The van der Waals surface area contributed by atoms with Crippen LogP contribution in [0.5, 0.6) is 5.75 Å². The van der Waals surface area contributed by atoms with Crippen LogP contribution in [0.1, 0.15) is 0 Å². The molecule has 3 aromatic rings. The zero-order valence-electron chi connectivity index (χ0n) is 10.0. The lowest BCUT2D eigenvalue weighted by molar-refractivity contribution is 0.464. The van der Waals surface area contributed by atoms with E-state index in [9.17, 15) is 9.50 Å². The molecule has 3 aromatic carbocycles. The van der Waals surface area contributed by atoms with Gasteiger partial charge in [0.15, 0.2) is 0 Å². The number of fused-ring (bicyclic) bond motifs is 1. The molecule has 0 saturated carbocycles. The maximum Gasteiger partial charge on any atom is 0.137 e. The van der Waals surface area contributed by atoms with Crippen LogP contribution in [0.3, 0.4) is 0 Å². The summed E-state index contributed by atoms with van der Waals surface area (Å²) in [7, 11) is 0. The van der Waals surface area contributed by atoms with Gasteiger partial charge < -0.3 is 5.11 Å². The van der Waals surface area contributed by atoms with Crippen LogP contribution in [0.2, 0.25) is 0 Å². The molecule has 0 atom stereocenters. The predicted molar refractivity (Wildman–Crippen MR) is 76.1 cm³/mol. The Morgan fingerprint density at radius 2 is 1.58 bits per heavy atom. The molecule has 1 nitrogen and oxygen atoms in total. The molecule has 0 aliphatic rings. The predicted octanol–water partition coefficient (Wildman–Crippen LogP) is 4.84. The van der Waals surface area contributed by atoms with Gasteiger partial charge in [-0.25, -0.2) is 4.39 Å². The summed E-state index contributed by atoms with van der Waals surface area (Å²) in [6, 6.07) is 17.8. The van der Waals surface area contributed by atoms with Gasteiger partial charge in [0.2, 0.25) is 0 Å². The van der Waals surface area contributed by atoms with Crippen molar-refractivity contribution in [2.24, 2.45) is 0 Å². The summed E-state index contributed by atoms with van der Waals surface area (Å²) in [5, 5.41) is 12.0. The molecule has 0 aromatic heterocycles. The van der Waals surface area contributed by atoms with Crippen molar-refractivity contribution in [1.29, 1.82) is 0 Å². The summed E-state index contributed by atoms with van der Waals surface area (Å²) in [6.07, 6.45) is 0. The van der Waals surface area contributed by atoms with Crippen molar-refractivity contribution < 1.29 is 9.50 Å². The Balaban J connectivity index is 2.15. The maximum absolute atomic E-state index is 13.7. The molecule has 1 N–H and O–H groups in total. The summed E-state index contributed by atoms with van der Waals surface area (Å²) in [5.74, 6) is -0.105. The Morgan fingerprint density at radius 1 is 0.842 bits per heavy atom. The third-order valence-corrected chi connectivity index (χ3v) is 4.09. The molecule has 0 amide bonds. The van der Waals surface area contributed by atoms with Crippen LogP contribution < -0.4 is 0 Å². The van der Waals surface area contributed by atoms with Gasteiger partial charge in [-0.2, -0.15) is 0 Å². The van der Waals surface area contributed by atoms with Crippen LogP contribution >= 0.6 is 11.8 Å². The minimum absolute atomic E-state index is 0.173. The van der Waals surface area contributed by atoms with Gasteiger partial charge in [-0.3, -0.25) is 0 Å². The maximum atomic E-state index is 13.7. The van der Waals surface area contributed by atoms with Crippen molar-refractivity contribution in [2.45, 2.75) is 9.79 Å². The summed E-state index contributed by atoms with van der Waals surface area (Å²) in [5.41, 5.74) is 0. The van der Waals surface area contributed by atoms with Crippen molar-refractivity contribution in [3.05, 3.63) is 66.5 Å². The highest BCUT2D eigenvalue weighted by molar-refractivity contribution is 7.99. The molecule has 0 aliphatic carbocycles. The van der Waals surface area contributed by atoms with E-state index in [1.807, 2.05) is 30.3 Å². The molecule has 0 spiro atoms. The lowest BCUT2D eigenvalue weighted by atomic mass is 10.1. The fourth-order valence-electron chi connectivity index (χ4n) is 1.98. The van der Waals surface area contributed by atoms with Gasteiger partial charge in [0.05, 0.1) is 4.90 Å². The summed E-state index contributed by atoms with van der Waals surface area (Å²) in [4.78, 5) is 1.19. The number of hydrogen-bond acceptors (Lipinski definition) is 2. The Morgan fingerprint density at radius 3 is 2.42 bits per heavy atom. The van der Waals surface area contributed by atoms with Crippen LogP contribution in [0.15, 0.2) is 70.5 Å². The first-order chi connectivity index (χ1) is 9.25. The second-order valence-electron chi connectivity index (χ2n) is 4.17. The Labute approximate surface area is 114 Å². The number of rotatable bonds is 2. The van der Waals surface area contributed by atoms with Gasteiger partial charge in [-0.1, -0.05) is 54.2 Å². The van der Waals surface area contributed by atoms with Crippen LogP contribution in [-0.4, -0.2) is 5.11 Å². The van der Waals surface area contributed by atoms with Gasteiger partial charge in [0, 0.05) is 4.90 Å². The van der Waals surface area contributed by atoms with E-state index >= 15 is 0 Å². The first kappa shape index (κ1) is 12.1. The second-order valence-corrected chi connectivity index (χ2v) is 5.22. The average molecular weight is 270 g/mol. The number of aromatic hydroxyl groups is 1. The summed E-state index contributed by atoms with van der Waals surface area (Å²) in [6.45, 7) is 0. The van der Waals surface area contributed by atoms with Gasteiger partial charge in [0.1, 0.15) is 11.6 Å². The first-order valence-corrected chi connectivity index (χ1v) is 6.70. The highest BCUT2D eigenvalue weighted by atomic mass is 32.2. The zero-order valence-corrected chi connectivity index (χ0v) is 10.8. The number of benzene rings is 3. The molecule has 0 saturated heterocycles. The third kappa shape index (κ3) is 2.29. The van der Waals surface area contributed by atoms with E-state index in [0.717, 1.165) is 10.8 Å². The molecule has 19 heavy (non-hydrogen) atoms. The molecule has 3 rings (SSSR count). The monoisotopic (exact) mass is 270 g/mol. The summed E-state index contributed by atoms with van der Waals surface area (Å²) < 4.78 is 13.7. The molecular weight excluding hydrogens is 259 g/mol. The average Bonchev–Trinajstić information content (AvgIpc) is 2.44. The highest BCUT2D eigenvalue weighted by Gasteiger charge is 2.10. The van der Waals surface area contributed by atoms with Crippen LogP contribution in [0.4, 0.5) is 4.39 Å². The molecule has 0 unspecified atom stereocenters. The van der Waals surface area contributed by atoms with E-state index in [-0.39, 0.29) is 11.6 Å². The number of phenols is 1. The minimum Gasteiger partial charge on any atom is -0.507 e. The fraction of sp³-hybridized carbons (Fsp3) is 0. The van der Waals surface area contributed by atoms with E-state index in [1.54, 1.807) is 24.3 Å². The first-order valence-electron chi connectivity index (χ1n) is 5.89. The van der Waals surface area contributed by atoms with E-state index in [0.29, 0.717) is 9.79 Å².